The van der Waals surface area contributed by atoms with Gasteiger partial charge < -0.3 is 14.8 Å². The first-order chi connectivity index (χ1) is 12.8. The molecule has 0 spiro atoms. The van der Waals surface area contributed by atoms with Gasteiger partial charge in [0.25, 0.3) is 5.91 Å². The van der Waals surface area contributed by atoms with Crippen molar-refractivity contribution in [3.63, 3.8) is 0 Å². The van der Waals surface area contributed by atoms with Crippen molar-refractivity contribution in [3.05, 3.63) is 44.7 Å². The van der Waals surface area contributed by atoms with Crippen LogP contribution >= 0.6 is 27.3 Å². The van der Waals surface area contributed by atoms with Crippen molar-refractivity contribution in [3.8, 4) is 5.75 Å². The van der Waals surface area contributed by atoms with E-state index in [0.717, 1.165) is 15.8 Å². The minimum Gasteiger partial charge on any atom is -0.480 e. The maximum Gasteiger partial charge on any atom is 0.341 e. The van der Waals surface area contributed by atoms with Gasteiger partial charge in [-0.1, -0.05) is 12.1 Å². The van der Waals surface area contributed by atoms with Crippen molar-refractivity contribution in [2.45, 2.75) is 33.8 Å². The zero-order valence-corrected chi connectivity index (χ0v) is 17.8. The molecule has 0 aliphatic heterocycles. The summed E-state index contributed by atoms with van der Waals surface area (Å²) in [5.41, 5.74) is 0.703. The Hall–Kier alpha value is -2.19. The van der Waals surface area contributed by atoms with E-state index in [1.54, 1.807) is 39.0 Å². The predicted octanol–water partition coefficient (Wildman–Crippen LogP) is 4.60. The highest BCUT2D eigenvalue weighted by Crippen LogP contribution is 2.34. The van der Waals surface area contributed by atoms with Crippen molar-refractivity contribution in [1.29, 1.82) is 0 Å². The Kier molecular flexibility index (Phi) is 7.15. The second kappa shape index (κ2) is 9.14. The molecule has 0 radical (unpaired) electrons. The van der Waals surface area contributed by atoms with E-state index in [1.165, 1.54) is 6.92 Å². The Morgan fingerprint density at radius 2 is 1.93 bits per heavy atom. The number of rotatable bonds is 7. The Balaban J connectivity index is 2.25. The van der Waals surface area contributed by atoms with E-state index in [-0.39, 0.29) is 23.0 Å². The van der Waals surface area contributed by atoms with Crippen LogP contribution in [0, 0.1) is 6.92 Å². The lowest BCUT2D eigenvalue weighted by Gasteiger charge is -2.15. The van der Waals surface area contributed by atoms with E-state index >= 15 is 0 Å². The number of Topliss-reactive ketones (excluding diaryl/α,β-unsaturated/α-hetero) is 1. The molecule has 0 saturated heterocycles. The first-order valence-corrected chi connectivity index (χ1v) is 9.90. The standard InChI is InChI=1S/C19H20BrNO5S/c1-5-25-19(24)15-10(2)16(11(3)22)27-18(15)21-17(23)12(4)26-14-9-7-6-8-13(14)20/h6-9,12H,5H2,1-4H3,(H,21,23). The second-order valence-corrected chi connectivity index (χ2v) is 7.59. The van der Waals surface area contributed by atoms with Gasteiger partial charge in [-0.2, -0.15) is 0 Å². The number of esters is 1. The number of para-hydroxylation sites is 1. The Morgan fingerprint density at radius 1 is 1.26 bits per heavy atom. The van der Waals surface area contributed by atoms with E-state index in [2.05, 4.69) is 21.2 Å². The normalized spacial score (nSPS) is 11.6. The van der Waals surface area contributed by atoms with Crippen molar-refractivity contribution in [1.82, 2.24) is 0 Å². The van der Waals surface area contributed by atoms with Crippen LogP contribution in [0.1, 0.15) is 46.4 Å². The van der Waals surface area contributed by atoms with Gasteiger partial charge in [-0.3, -0.25) is 9.59 Å². The van der Waals surface area contributed by atoms with Crippen LogP contribution in [0.25, 0.3) is 0 Å². The lowest BCUT2D eigenvalue weighted by atomic mass is 10.1. The van der Waals surface area contributed by atoms with Crippen molar-refractivity contribution < 1.29 is 23.9 Å². The van der Waals surface area contributed by atoms with Gasteiger partial charge in [-0.05, 0) is 61.3 Å². The van der Waals surface area contributed by atoms with Gasteiger partial charge in [-0.25, -0.2) is 4.79 Å². The van der Waals surface area contributed by atoms with Crippen LogP contribution < -0.4 is 10.1 Å². The summed E-state index contributed by atoms with van der Waals surface area (Å²) < 4.78 is 11.5. The number of anilines is 1. The third-order valence-corrected chi connectivity index (χ3v) is 5.66. The van der Waals surface area contributed by atoms with E-state index in [9.17, 15) is 14.4 Å². The number of ketones is 1. The molecule has 1 N–H and O–H groups in total. The summed E-state index contributed by atoms with van der Waals surface area (Å²) in [6.45, 7) is 6.56. The van der Waals surface area contributed by atoms with Gasteiger partial charge in [0.05, 0.1) is 21.5 Å². The first kappa shape index (κ1) is 21.1. The van der Waals surface area contributed by atoms with Crippen molar-refractivity contribution in [2.24, 2.45) is 0 Å². The summed E-state index contributed by atoms with van der Waals surface area (Å²) >= 11 is 4.42. The van der Waals surface area contributed by atoms with Gasteiger partial charge in [0, 0.05) is 0 Å². The van der Waals surface area contributed by atoms with Gasteiger partial charge in [0.15, 0.2) is 11.9 Å². The molecule has 1 aromatic carbocycles. The minimum atomic E-state index is -0.818. The molecule has 0 aliphatic rings. The highest BCUT2D eigenvalue weighted by Gasteiger charge is 2.27. The molecule has 0 aliphatic carbocycles. The lowest BCUT2D eigenvalue weighted by molar-refractivity contribution is -0.122. The zero-order chi connectivity index (χ0) is 20.1. The number of carbonyl (C=O) groups is 3. The number of ether oxygens (including phenoxy) is 2. The number of nitrogens with one attached hydrogen (secondary N) is 1. The molecule has 1 amide bonds. The fourth-order valence-electron chi connectivity index (χ4n) is 2.38. The Bertz CT molecular complexity index is 877. The van der Waals surface area contributed by atoms with E-state index < -0.39 is 18.0 Å². The summed E-state index contributed by atoms with van der Waals surface area (Å²) in [5.74, 6) is -0.667. The largest absolute Gasteiger partial charge is 0.480 e. The molecule has 6 nitrogen and oxygen atoms in total. The van der Waals surface area contributed by atoms with E-state index in [1.807, 2.05) is 6.07 Å². The molecule has 1 aromatic heterocycles. The number of halogens is 1. The van der Waals surface area contributed by atoms with Gasteiger partial charge in [0.1, 0.15) is 10.8 Å². The first-order valence-electron chi connectivity index (χ1n) is 8.29. The lowest BCUT2D eigenvalue weighted by Crippen LogP contribution is -2.30. The second-order valence-electron chi connectivity index (χ2n) is 5.72. The van der Waals surface area contributed by atoms with Gasteiger partial charge in [0.2, 0.25) is 0 Å². The topological polar surface area (TPSA) is 81.7 Å². The minimum absolute atomic E-state index is 0.180. The summed E-state index contributed by atoms with van der Waals surface area (Å²) in [6.07, 6.45) is -0.818. The Morgan fingerprint density at radius 3 is 2.52 bits per heavy atom. The molecule has 1 unspecified atom stereocenters. The molecule has 27 heavy (non-hydrogen) atoms. The number of benzene rings is 1. The van der Waals surface area contributed by atoms with Crippen LogP contribution in [-0.2, 0) is 9.53 Å². The van der Waals surface area contributed by atoms with Crippen molar-refractivity contribution >= 4 is 49.9 Å². The molecular formula is C19H20BrNO5S. The van der Waals surface area contributed by atoms with Crippen LogP contribution in [-0.4, -0.2) is 30.4 Å². The summed E-state index contributed by atoms with van der Waals surface area (Å²) in [6, 6.07) is 7.18. The molecule has 0 fully saturated rings. The zero-order valence-electron chi connectivity index (χ0n) is 15.4. The average Bonchev–Trinajstić information content (AvgIpc) is 2.93. The molecule has 2 rings (SSSR count). The van der Waals surface area contributed by atoms with Crippen LogP contribution in [0.4, 0.5) is 5.00 Å². The fourth-order valence-corrected chi connectivity index (χ4v) is 3.86. The summed E-state index contributed by atoms with van der Waals surface area (Å²) in [4.78, 5) is 37.1. The molecule has 1 heterocycles. The number of amides is 1. The van der Waals surface area contributed by atoms with Crippen molar-refractivity contribution in [2.75, 3.05) is 11.9 Å². The Labute approximate surface area is 170 Å². The SMILES string of the molecule is CCOC(=O)c1c(NC(=O)C(C)Oc2ccccc2Br)sc(C(C)=O)c1C. The molecular weight excluding hydrogens is 434 g/mol. The summed E-state index contributed by atoms with van der Waals surface area (Å²) in [5, 5.41) is 2.97. The van der Waals surface area contributed by atoms with Crippen LogP contribution in [0.3, 0.4) is 0 Å². The number of carbonyl (C=O) groups excluding carboxylic acids is 3. The smallest absolute Gasteiger partial charge is 0.341 e. The van der Waals surface area contributed by atoms with E-state index in [4.69, 9.17) is 9.47 Å². The third kappa shape index (κ3) is 4.95. The molecule has 144 valence electrons. The highest BCUT2D eigenvalue weighted by atomic mass is 79.9. The van der Waals surface area contributed by atoms with Crippen LogP contribution in [0.15, 0.2) is 28.7 Å². The maximum atomic E-state index is 12.6. The van der Waals surface area contributed by atoms with Crippen LogP contribution in [0.2, 0.25) is 0 Å². The van der Waals surface area contributed by atoms with Gasteiger partial charge >= 0.3 is 5.97 Å². The molecule has 1 atom stereocenters. The monoisotopic (exact) mass is 453 g/mol. The van der Waals surface area contributed by atoms with E-state index in [0.29, 0.717) is 16.2 Å². The fraction of sp³-hybridized carbons (Fsp3) is 0.316. The quantitative estimate of drug-likeness (QED) is 0.489. The predicted molar refractivity (Wildman–Crippen MR) is 108 cm³/mol. The third-order valence-electron chi connectivity index (χ3n) is 3.69. The molecule has 8 heteroatoms. The molecule has 0 saturated carbocycles. The molecule has 0 bridgehead atoms. The number of hydrogen-bond acceptors (Lipinski definition) is 6. The molecule has 2 aromatic rings. The highest BCUT2D eigenvalue weighted by molar-refractivity contribution is 9.10. The summed E-state index contributed by atoms with van der Waals surface area (Å²) in [7, 11) is 0. The maximum absolute atomic E-state index is 12.6. The van der Waals surface area contributed by atoms with Crippen LogP contribution in [0.5, 0.6) is 5.75 Å². The van der Waals surface area contributed by atoms with Gasteiger partial charge in [-0.15, -0.1) is 11.3 Å². The number of thiophene rings is 1. The average molecular weight is 454 g/mol. The number of hydrogen-bond donors (Lipinski definition) is 1.